The van der Waals surface area contributed by atoms with Gasteiger partial charge in [-0.25, -0.2) is 16.8 Å². The van der Waals surface area contributed by atoms with Gasteiger partial charge in [0.25, 0.3) is 0 Å². The number of rotatable bonds is 7. The molecule has 4 rings (SSSR count). The third kappa shape index (κ3) is 6.07. The molecule has 186 valence electrons. The predicted molar refractivity (Wildman–Crippen MR) is 128 cm³/mol. The van der Waals surface area contributed by atoms with Crippen molar-refractivity contribution < 1.29 is 26.0 Å². The SMILES string of the molecule is CS(=O)(=O)c1ccc(Cc2nnc(NC(=O)C3CCN(S(=O)(=O)c4ccc(Cl)cc4)CC3)o2)cc1. The maximum absolute atomic E-state index is 12.8. The Morgan fingerprint density at radius 2 is 1.60 bits per heavy atom. The molecule has 35 heavy (non-hydrogen) atoms. The summed E-state index contributed by atoms with van der Waals surface area (Å²) in [5, 5.41) is 10.8. The predicted octanol–water partition coefficient (Wildman–Crippen LogP) is 2.76. The highest BCUT2D eigenvalue weighted by Gasteiger charge is 2.32. The van der Waals surface area contributed by atoms with Crippen molar-refractivity contribution in [2.75, 3.05) is 24.7 Å². The number of piperidine rings is 1. The number of carbonyl (C=O) groups excluding carboxylic acids is 1. The quantitative estimate of drug-likeness (QED) is 0.484. The van der Waals surface area contributed by atoms with E-state index in [1.165, 1.54) is 40.7 Å². The molecule has 1 aromatic heterocycles. The van der Waals surface area contributed by atoms with Crippen molar-refractivity contribution in [3.63, 3.8) is 0 Å². The Morgan fingerprint density at radius 1 is 1.00 bits per heavy atom. The van der Waals surface area contributed by atoms with E-state index in [2.05, 4.69) is 15.5 Å². The summed E-state index contributed by atoms with van der Waals surface area (Å²) in [4.78, 5) is 13.0. The van der Waals surface area contributed by atoms with Crippen molar-refractivity contribution in [3.8, 4) is 0 Å². The Bertz CT molecular complexity index is 1410. The number of hydrogen-bond acceptors (Lipinski definition) is 8. The van der Waals surface area contributed by atoms with Gasteiger partial charge < -0.3 is 4.42 Å². The van der Waals surface area contributed by atoms with Crippen LogP contribution in [-0.2, 0) is 31.1 Å². The molecule has 13 heteroatoms. The Hall–Kier alpha value is -2.80. The van der Waals surface area contributed by atoms with Crippen LogP contribution in [0.1, 0.15) is 24.3 Å². The van der Waals surface area contributed by atoms with E-state index in [9.17, 15) is 21.6 Å². The van der Waals surface area contributed by atoms with Crippen LogP contribution in [0.2, 0.25) is 5.02 Å². The van der Waals surface area contributed by atoms with Crippen LogP contribution in [-0.4, -0.2) is 56.6 Å². The van der Waals surface area contributed by atoms with E-state index in [1.54, 1.807) is 12.1 Å². The van der Waals surface area contributed by atoms with Crippen molar-refractivity contribution in [1.82, 2.24) is 14.5 Å². The number of nitrogens with zero attached hydrogens (tertiary/aromatic N) is 3. The summed E-state index contributed by atoms with van der Waals surface area (Å²) in [6.07, 6.45) is 2.11. The molecule has 1 fully saturated rings. The van der Waals surface area contributed by atoms with Crippen LogP contribution in [0.3, 0.4) is 0 Å². The van der Waals surface area contributed by atoms with E-state index in [-0.39, 0.29) is 47.1 Å². The fourth-order valence-corrected chi connectivity index (χ4v) is 5.95. The Labute approximate surface area is 208 Å². The summed E-state index contributed by atoms with van der Waals surface area (Å²) in [5.74, 6) is -0.455. The molecule has 10 nitrogen and oxygen atoms in total. The van der Waals surface area contributed by atoms with Crippen molar-refractivity contribution in [2.45, 2.75) is 29.1 Å². The molecule has 2 aromatic carbocycles. The van der Waals surface area contributed by atoms with Crippen molar-refractivity contribution >= 4 is 43.4 Å². The monoisotopic (exact) mass is 538 g/mol. The third-order valence-corrected chi connectivity index (χ3v) is 8.97. The highest BCUT2D eigenvalue weighted by molar-refractivity contribution is 7.90. The largest absolute Gasteiger partial charge is 0.407 e. The lowest BCUT2D eigenvalue weighted by molar-refractivity contribution is -0.121. The summed E-state index contributed by atoms with van der Waals surface area (Å²) in [5.41, 5.74) is 0.771. The zero-order valence-electron chi connectivity index (χ0n) is 18.7. The van der Waals surface area contributed by atoms with E-state index in [4.69, 9.17) is 16.0 Å². The van der Waals surface area contributed by atoms with Crippen LogP contribution in [0.25, 0.3) is 0 Å². The van der Waals surface area contributed by atoms with Gasteiger partial charge in [-0.05, 0) is 54.8 Å². The fourth-order valence-electron chi connectivity index (χ4n) is 3.73. The lowest BCUT2D eigenvalue weighted by Crippen LogP contribution is -2.41. The molecular weight excluding hydrogens is 516 g/mol. The molecule has 1 N–H and O–H groups in total. The molecule has 3 aromatic rings. The highest BCUT2D eigenvalue weighted by atomic mass is 35.5. The molecule has 1 aliphatic heterocycles. The summed E-state index contributed by atoms with van der Waals surface area (Å²) in [6.45, 7) is 0.420. The molecule has 0 aliphatic carbocycles. The van der Waals surface area contributed by atoms with Gasteiger partial charge >= 0.3 is 6.01 Å². The van der Waals surface area contributed by atoms with Gasteiger partial charge in [-0.2, -0.15) is 4.31 Å². The van der Waals surface area contributed by atoms with Gasteiger partial charge in [-0.3, -0.25) is 10.1 Å². The highest BCUT2D eigenvalue weighted by Crippen LogP contribution is 2.26. The molecule has 0 radical (unpaired) electrons. The van der Waals surface area contributed by atoms with Gasteiger partial charge in [0.15, 0.2) is 9.84 Å². The molecule has 1 saturated heterocycles. The van der Waals surface area contributed by atoms with Crippen molar-refractivity contribution in [2.24, 2.45) is 5.92 Å². The lowest BCUT2D eigenvalue weighted by atomic mass is 9.97. The first-order valence-corrected chi connectivity index (χ1v) is 14.4. The zero-order chi connectivity index (χ0) is 25.2. The maximum Gasteiger partial charge on any atom is 0.322 e. The summed E-state index contributed by atoms with van der Waals surface area (Å²) >= 11 is 5.84. The normalized spacial score (nSPS) is 15.7. The zero-order valence-corrected chi connectivity index (χ0v) is 21.1. The van der Waals surface area contributed by atoms with Gasteiger partial charge in [0.1, 0.15) is 0 Å². The number of aromatic nitrogens is 2. The van der Waals surface area contributed by atoms with Crippen molar-refractivity contribution in [1.29, 1.82) is 0 Å². The van der Waals surface area contributed by atoms with E-state index in [1.807, 2.05) is 0 Å². The summed E-state index contributed by atoms with van der Waals surface area (Å²) in [7, 11) is -6.94. The number of benzene rings is 2. The number of halogens is 1. The molecule has 0 bridgehead atoms. The topological polar surface area (TPSA) is 140 Å². The first-order chi connectivity index (χ1) is 16.5. The van der Waals surface area contributed by atoms with Gasteiger partial charge in [-0.15, -0.1) is 5.10 Å². The molecule has 2 heterocycles. The van der Waals surface area contributed by atoms with Crippen LogP contribution < -0.4 is 5.32 Å². The minimum absolute atomic E-state index is 0.0472. The molecule has 0 spiro atoms. The Morgan fingerprint density at radius 3 is 2.20 bits per heavy atom. The van der Waals surface area contributed by atoms with Gasteiger partial charge in [0, 0.05) is 30.3 Å². The van der Waals surface area contributed by atoms with Crippen LogP contribution in [0, 0.1) is 5.92 Å². The number of sulfonamides is 1. The number of sulfone groups is 1. The van der Waals surface area contributed by atoms with Crippen LogP contribution in [0.15, 0.2) is 62.7 Å². The number of nitrogens with one attached hydrogen (secondary N) is 1. The van der Waals surface area contributed by atoms with E-state index in [0.29, 0.717) is 17.9 Å². The van der Waals surface area contributed by atoms with Crippen LogP contribution in [0.4, 0.5) is 6.01 Å². The molecule has 0 atom stereocenters. The number of hydrogen-bond donors (Lipinski definition) is 1. The number of carbonyl (C=O) groups is 1. The van der Waals surface area contributed by atoms with Gasteiger partial charge in [0.2, 0.25) is 21.8 Å². The molecule has 0 saturated carbocycles. The Balaban J connectivity index is 1.31. The molecule has 0 unspecified atom stereocenters. The van der Waals surface area contributed by atoms with Gasteiger partial charge in [0.05, 0.1) is 16.2 Å². The van der Waals surface area contributed by atoms with E-state index < -0.39 is 25.8 Å². The molecule has 1 aliphatic rings. The molecular formula is C22H23ClN4O6S2. The summed E-state index contributed by atoms with van der Waals surface area (Å²) in [6, 6.07) is 12.2. The maximum atomic E-state index is 12.8. The first kappa shape index (κ1) is 25.3. The lowest BCUT2D eigenvalue weighted by Gasteiger charge is -2.30. The second-order valence-corrected chi connectivity index (χ2v) is 12.6. The van der Waals surface area contributed by atoms with E-state index >= 15 is 0 Å². The Kier molecular flexibility index (Phi) is 7.27. The molecule has 1 amide bonds. The number of amides is 1. The van der Waals surface area contributed by atoms with Crippen molar-refractivity contribution in [3.05, 3.63) is 65.0 Å². The average molecular weight is 539 g/mol. The third-order valence-electron chi connectivity index (χ3n) is 5.68. The minimum atomic E-state index is -3.66. The fraction of sp³-hybridized carbons (Fsp3) is 0.318. The van der Waals surface area contributed by atoms with E-state index in [0.717, 1.165) is 11.8 Å². The average Bonchev–Trinajstić information content (AvgIpc) is 3.25. The van der Waals surface area contributed by atoms with Crippen LogP contribution in [0.5, 0.6) is 0 Å². The smallest absolute Gasteiger partial charge is 0.322 e. The standard InChI is InChI=1S/C22H23ClN4O6S2/c1-34(29,30)18-6-2-15(3-7-18)14-20-25-26-22(33-20)24-21(28)16-10-12-27(13-11-16)35(31,32)19-8-4-17(23)5-9-19/h2-9,16H,10-14H2,1H3,(H,24,26,28). The second-order valence-electron chi connectivity index (χ2n) is 8.22. The first-order valence-electron chi connectivity index (χ1n) is 10.7. The van der Waals surface area contributed by atoms with Crippen LogP contribution >= 0.6 is 11.6 Å². The minimum Gasteiger partial charge on any atom is -0.407 e. The van der Waals surface area contributed by atoms with Gasteiger partial charge in [-0.1, -0.05) is 28.8 Å². The number of anilines is 1. The summed E-state index contributed by atoms with van der Waals surface area (Å²) < 4.78 is 55.6. The second kappa shape index (κ2) is 10.1.